The summed E-state index contributed by atoms with van der Waals surface area (Å²) >= 11 is 6.11. The molecule has 4 bridgehead atoms. The lowest BCUT2D eigenvalue weighted by Gasteiger charge is -2.55. The lowest BCUT2D eigenvalue weighted by Crippen LogP contribution is -2.56. The first-order valence-electron chi connectivity index (χ1n) is 9.84. The van der Waals surface area contributed by atoms with Crippen molar-refractivity contribution in [3.05, 3.63) is 23.2 Å². The van der Waals surface area contributed by atoms with Crippen LogP contribution in [0.15, 0.2) is 18.2 Å². The van der Waals surface area contributed by atoms with Gasteiger partial charge in [-0.2, -0.15) is 0 Å². The zero-order valence-electron chi connectivity index (χ0n) is 15.9. The maximum Gasteiger partial charge on any atom is 0.246 e. The first-order valence-corrected chi connectivity index (χ1v) is 10.2. The summed E-state index contributed by atoms with van der Waals surface area (Å²) in [5, 5.41) is 6.24. The van der Waals surface area contributed by atoms with Crippen LogP contribution >= 0.6 is 11.6 Å². The fraction of sp³-hybridized carbons (Fsp3) is 0.619. The second-order valence-corrected chi connectivity index (χ2v) is 9.14. The summed E-state index contributed by atoms with van der Waals surface area (Å²) in [6.07, 6.45) is 6.86. The third-order valence-electron chi connectivity index (χ3n) is 6.68. The molecule has 2 amide bonds. The predicted molar refractivity (Wildman–Crippen MR) is 105 cm³/mol. The van der Waals surface area contributed by atoms with Crippen molar-refractivity contribution < 1.29 is 14.3 Å². The highest BCUT2D eigenvalue weighted by atomic mass is 35.5. The number of carbonyl (C=O) groups is 2. The molecule has 0 radical (unpaired) electrons. The van der Waals surface area contributed by atoms with E-state index in [1.165, 1.54) is 19.3 Å². The van der Waals surface area contributed by atoms with Crippen LogP contribution in [0.4, 0.5) is 5.69 Å². The monoisotopic (exact) mass is 390 g/mol. The summed E-state index contributed by atoms with van der Waals surface area (Å²) in [6, 6.07) is 4.49. The summed E-state index contributed by atoms with van der Waals surface area (Å²) in [5.41, 5.74) is 0.342. The number of hydrogen-bond acceptors (Lipinski definition) is 3. The zero-order chi connectivity index (χ0) is 19.2. The number of methoxy groups -OCH3 is 1. The minimum absolute atomic E-state index is 0.0667. The number of rotatable bonds is 5. The van der Waals surface area contributed by atoms with Crippen molar-refractivity contribution in [2.24, 2.45) is 23.2 Å². The molecule has 0 saturated heterocycles. The minimum atomic E-state index is -0.591. The molecule has 5 rings (SSSR count). The van der Waals surface area contributed by atoms with E-state index in [9.17, 15) is 9.59 Å². The molecule has 1 atom stereocenters. The molecule has 6 heteroatoms. The van der Waals surface area contributed by atoms with E-state index >= 15 is 0 Å². The van der Waals surface area contributed by atoms with Gasteiger partial charge in [-0.3, -0.25) is 9.59 Å². The van der Waals surface area contributed by atoms with Crippen molar-refractivity contribution in [3.63, 3.8) is 0 Å². The Hall–Kier alpha value is -1.75. The summed E-state index contributed by atoms with van der Waals surface area (Å²) in [5.74, 6) is 2.48. The summed E-state index contributed by atoms with van der Waals surface area (Å²) in [4.78, 5) is 25.6. The van der Waals surface area contributed by atoms with E-state index in [4.69, 9.17) is 16.3 Å². The van der Waals surface area contributed by atoms with Gasteiger partial charge in [0.2, 0.25) is 11.8 Å². The van der Waals surface area contributed by atoms with Gasteiger partial charge in [0.15, 0.2) is 0 Å². The van der Waals surface area contributed by atoms with Gasteiger partial charge < -0.3 is 15.4 Å². The molecule has 1 aromatic rings. The predicted octanol–water partition coefficient (Wildman–Crippen LogP) is 4.01. The van der Waals surface area contributed by atoms with Crippen molar-refractivity contribution in [2.75, 3.05) is 12.4 Å². The molecule has 0 aromatic heterocycles. The van der Waals surface area contributed by atoms with Crippen molar-refractivity contribution >= 4 is 29.1 Å². The highest BCUT2D eigenvalue weighted by Crippen LogP contribution is 2.60. The molecule has 0 spiro atoms. The van der Waals surface area contributed by atoms with Crippen molar-refractivity contribution in [2.45, 2.75) is 51.5 Å². The van der Waals surface area contributed by atoms with E-state index in [0.717, 1.165) is 19.3 Å². The Morgan fingerprint density at radius 2 is 1.74 bits per heavy atom. The van der Waals surface area contributed by atoms with Crippen molar-refractivity contribution in [1.29, 1.82) is 0 Å². The van der Waals surface area contributed by atoms with Crippen LogP contribution in [0.1, 0.15) is 45.4 Å². The van der Waals surface area contributed by atoms with E-state index in [1.54, 1.807) is 32.2 Å². The van der Waals surface area contributed by atoms with E-state index in [-0.39, 0.29) is 17.2 Å². The standard InChI is InChI=1S/C21H27ClN2O3/c1-12(19(25)24-16-3-4-18(27-2)17(22)8-16)23-20(26)21-9-13-5-14(10-21)7-15(6-13)11-21/h3-4,8,12-15H,5-7,9-11H2,1-2H3,(H,23,26)(H,24,25). The fourth-order valence-electron chi connectivity index (χ4n) is 5.80. The number of halogens is 1. The summed E-state index contributed by atoms with van der Waals surface area (Å²) in [7, 11) is 1.54. The molecule has 1 unspecified atom stereocenters. The molecule has 4 fully saturated rings. The summed E-state index contributed by atoms with van der Waals surface area (Å²) in [6.45, 7) is 1.73. The molecule has 146 valence electrons. The number of carbonyl (C=O) groups excluding carboxylic acids is 2. The number of ether oxygens (including phenoxy) is 1. The first kappa shape index (κ1) is 18.6. The normalized spacial score (nSPS) is 32.0. The fourth-order valence-corrected chi connectivity index (χ4v) is 6.06. The van der Waals surface area contributed by atoms with Crippen LogP contribution in [0.2, 0.25) is 5.02 Å². The van der Waals surface area contributed by atoms with Gasteiger partial charge >= 0.3 is 0 Å². The molecule has 0 heterocycles. The Morgan fingerprint density at radius 3 is 2.26 bits per heavy atom. The van der Waals surface area contributed by atoms with Gasteiger partial charge in [-0.15, -0.1) is 0 Å². The summed E-state index contributed by atoms with van der Waals surface area (Å²) < 4.78 is 5.12. The quantitative estimate of drug-likeness (QED) is 0.798. The minimum Gasteiger partial charge on any atom is -0.495 e. The SMILES string of the molecule is COc1ccc(NC(=O)C(C)NC(=O)C23CC4CC(CC(C4)C2)C3)cc1Cl. The molecule has 4 aliphatic carbocycles. The lowest BCUT2D eigenvalue weighted by molar-refractivity contribution is -0.147. The van der Waals surface area contributed by atoms with Crippen LogP contribution in [0.5, 0.6) is 5.75 Å². The number of nitrogens with one attached hydrogen (secondary N) is 2. The second kappa shape index (κ2) is 7.01. The largest absolute Gasteiger partial charge is 0.495 e. The van der Waals surface area contributed by atoms with Crippen LogP contribution in [-0.4, -0.2) is 25.0 Å². The van der Waals surface area contributed by atoms with Gasteiger partial charge in [0.25, 0.3) is 0 Å². The third kappa shape index (κ3) is 3.54. The maximum absolute atomic E-state index is 13.1. The highest BCUT2D eigenvalue weighted by molar-refractivity contribution is 6.32. The molecular weight excluding hydrogens is 364 g/mol. The van der Waals surface area contributed by atoms with Crippen molar-refractivity contribution in [1.82, 2.24) is 5.32 Å². The number of amides is 2. The van der Waals surface area contributed by atoms with Gasteiger partial charge in [0.05, 0.1) is 12.1 Å². The van der Waals surface area contributed by atoms with E-state index in [2.05, 4.69) is 10.6 Å². The molecule has 4 aliphatic rings. The maximum atomic E-state index is 13.1. The first-order chi connectivity index (χ1) is 12.9. The average molecular weight is 391 g/mol. The number of anilines is 1. The zero-order valence-corrected chi connectivity index (χ0v) is 16.6. The number of hydrogen-bond donors (Lipinski definition) is 2. The Kier molecular flexibility index (Phi) is 4.83. The van der Waals surface area contributed by atoms with Crippen LogP contribution in [-0.2, 0) is 9.59 Å². The van der Waals surface area contributed by atoms with Crippen LogP contribution < -0.4 is 15.4 Å². The van der Waals surface area contributed by atoms with E-state index in [1.807, 2.05) is 0 Å². The van der Waals surface area contributed by atoms with Crippen LogP contribution in [0.25, 0.3) is 0 Å². The van der Waals surface area contributed by atoms with Gasteiger partial charge in [-0.25, -0.2) is 0 Å². The van der Waals surface area contributed by atoms with E-state index in [0.29, 0.717) is 34.2 Å². The Labute approximate surface area is 165 Å². The molecule has 27 heavy (non-hydrogen) atoms. The number of benzene rings is 1. The van der Waals surface area contributed by atoms with Gasteiger partial charge in [0.1, 0.15) is 11.8 Å². The third-order valence-corrected chi connectivity index (χ3v) is 6.98. The topological polar surface area (TPSA) is 67.4 Å². The molecule has 2 N–H and O–H groups in total. The van der Waals surface area contributed by atoms with Crippen LogP contribution in [0.3, 0.4) is 0 Å². The highest BCUT2D eigenvalue weighted by Gasteiger charge is 2.54. The van der Waals surface area contributed by atoms with Gasteiger partial charge in [-0.1, -0.05) is 11.6 Å². The molecule has 4 saturated carbocycles. The lowest BCUT2D eigenvalue weighted by atomic mass is 9.49. The van der Waals surface area contributed by atoms with Gasteiger partial charge in [-0.05, 0) is 81.4 Å². The Bertz CT molecular complexity index is 729. The smallest absolute Gasteiger partial charge is 0.246 e. The Morgan fingerprint density at radius 1 is 1.15 bits per heavy atom. The Balaban J connectivity index is 1.38. The van der Waals surface area contributed by atoms with Crippen LogP contribution in [0, 0.1) is 23.2 Å². The molecule has 5 nitrogen and oxygen atoms in total. The second-order valence-electron chi connectivity index (χ2n) is 8.73. The molecule has 0 aliphatic heterocycles. The molecule has 1 aromatic carbocycles. The molecular formula is C21H27ClN2O3. The van der Waals surface area contributed by atoms with Gasteiger partial charge in [0, 0.05) is 11.1 Å². The van der Waals surface area contributed by atoms with Crippen molar-refractivity contribution in [3.8, 4) is 5.75 Å². The van der Waals surface area contributed by atoms with E-state index < -0.39 is 6.04 Å². The average Bonchev–Trinajstić information content (AvgIpc) is 2.60.